The second-order valence-electron chi connectivity index (χ2n) is 17.8. The zero-order chi connectivity index (χ0) is 41.6. The topological polar surface area (TPSA) is 3.24 Å². The lowest BCUT2D eigenvalue weighted by molar-refractivity contribution is 0.662. The molecule has 0 saturated heterocycles. The van der Waals surface area contributed by atoms with Crippen LogP contribution in [0.4, 0.5) is 17.1 Å². The highest BCUT2D eigenvalue weighted by molar-refractivity contribution is 6.09. The van der Waals surface area contributed by atoms with Crippen molar-refractivity contribution in [3.8, 4) is 44.5 Å². The molecule has 2 aliphatic carbocycles. The van der Waals surface area contributed by atoms with Crippen LogP contribution in [0, 0.1) is 0 Å². The van der Waals surface area contributed by atoms with Gasteiger partial charge in [-0.15, -0.1) is 0 Å². The van der Waals surface area contributed by atoms with E-state index in [0.29, 0.717) is 0 Å². The highest BCUT2D eigenvalue weighted by Crippen LogP contribution is 2.55. The van der Waals surface area contributed by atoms with E-state index in [0.717, 1.165) is 17.1 Å². The lowest BCUT2D eigenvalue weighted by Gasteiger charge is -2.32. The molecule has 1 nitrogen and oxygen atoms in total. The molecule has 0 heterocycles. The van der Waals surface area contributed by atoms with Gasteiger partial charge in [0.15, 0.2) is 0 Å². The summed E-state index contributed by atoms with van der Waals surface area (Å²) < 4.78 is 0. The van der Waals surface area contributed by atoms with Crippen LogP contribution in [-0.2, 0) is 10.8 Å². The smallest absolute Gasteiger partial charge is 0.0540 e. The minimum Gasteiger partial charge on any atom is -0.310 e. The summed E-state index contributed by atoms with van der Waals surface area (Å²) in [4.78, 5) is 2.50. The van der Waals surface area contributed by atoms with Crippen LogP contribution in [0.5, 0.6) is 0 Å². The molecule has 0 amide bonds. The Morgan fingerprint density at radius 2 is 0.935 bits per heavy atom. The number of nitrogens with zero attached hydrogens (tertiary/aromatic N) is 1. The van der Waals surface area contributed by atoms with Gasteiger partial charge in [0.05, 0.1) is 5.69 Å². The summed E-state index contributed by atoms with van der Waals surface area (Å²) in [5.74, 6) is 0. The van der Waals surface area contributed by atoms with Gasteiger partial charge < -0.3 is 4.90 Å². The van der Waals surface area contributed by atoms with E-state index in [1.54, 1.807) is 0 Å². The zero-order valence-corrected chi connectivity index (χ0v) is 35.2. The fourth-order valence-electron chi connectivity index (χ4n) is 11.1. The van der Waals surface area contributed by atoms with Gasteiger partial charge in [0, 0.05) is 27.8 Å². The molecule has 12 rings (SSSR count). The van der Waals surface area contributed by atoms with Crippen LogP contribution >= 0.6 is 0 Å². The quantitative estimate of drug-likeness (QED) is 0.152. The molecule has 0 radical (unpaired) electrons. The van der Waals surface area contributed by atoms with Crippen LogP contribution < -0.4 is 4.90 Å². The maximum absolute atomic E-state index is 2.50. The Morgan fingerprint density at radius 1 is 0.339 bits per heavy atom. The summed E-state index contributed by atoms with van der Waals surface area (Å²) in [7, 11) is 0. The molecule has 0 bridgehead atoms. The molecule has 0 aromatic heterocycles. The van der Waals surface area contributed by atoms with E-state index in [9.17, 15) is 0 Å². The highest BCUT2D eigenvalue weighted by Gasteiger charge is 2.41. The van der Waals surface area contributed by atoms with Crippen LogP contribution in [-0.4, -0.2) is 0 Å². The SMILES string of the molecule is CC1(C)c2ccccc2-c2cccc(-c3cccc(N(c4ccc5c(c4)C(C)(c4ccccc4)c4ccccc4-5)c4ccccc4-c4ccc5c(ccc6ccccc65)c4)c3)c21. The van der Waals surface area contributed by atoms with Gasteiger partial charge in [-0.1, -0.05) is 196 Å². The molecule has 10 aromatic carbocycles. The molecular formula is C61H45N. The molecule has 1 unspecified atom stereocenters. The number of benzene rings is 10. The Kier molecular flexibility index (Phi) is 8.08. The van der Waals surface area contributed by atoms with Crippen LogP contribution in [0.1, 0.15) is 48.6 Å². The molecular weight excluding hydrogens is 747 g/mol. The van der Waals surface area contributed by atoms with Crippen LogP contribution in [0.15, 0.2) is 218 Å². The Labute approximate surface area is 364 Å². The molecule has 2 aliphatic rings. The average Bonchev–Trinajstić information content (AvgIpc) is 3.73. The highest BCUT2D eigenvalue weighted by atomic mass is 15.1. The van der Waals surface area contributed by atoms with Gasteiger partial charge in [0.2, 0.25) is 0 Å². The first-order valence-electron chi connectivity index (χ1n) is 21.8. The molecule has 0 spiro atoms. The number of fused-ring (bicyclic) bond motifs is 9. The molecule has 0 saturated carbocycles. The van der Waals surface area contributed by atoms with Crippen molar-refractivity contribution < 1.29 is 0 Å². The molecule has 0 aliphatic heterocycles. The van der Waals surface area contributed by atoms with Crippen molar-refractivity contribution in [3.63, 3.8) is 0 Å². The maximum Gasteiger partial charge on any atom is 0.0540 e. The number of hydrogen-bond donors (Lipinski definition) is 0. The van der Waals surface area contributed by atoms with Crippen molar-refractivity contribution in [2.75, 3.05) is 4.90 Å². The fourth-order valence-corrected chi connectivity index (χ4v) is 11.1. The van der Waals surface area contributed by atoms with Gasteiger partial charge >= 0.3 is 0 Å². The van der Waals surface area contributed by atoms with Crippen molar-refractivity contribution in [1.82, 2.24) is 0 Å². The van der Waals surface area contributed by atoms with Gasteiger partial charge in [-0.3, -0.25) is 0 Å². The normalized spacial score (nSPS) is 15.5. The van der Waals surface area contributed by atoms with Crippen molar-refractivity contribution in [1.29, 1.82) is 0 Å². The number of rotatable bonds is 6. The largest absolute Gasteiger partial charge is 0.310 e. The van der Waals surface area contributed by atoms with Crippen molar-refractivity contribution in [3.05, 3.63) is 246 Å². The first kappa shape index (κ1) is 36.4. The Morgan fingerprint density at radius 3 is 1.79 bits per heavy atom. The van der Waals surface area contributed by atoms with E-state index >= 15 is 0 Å². The number of hydrogen-bond acceptors (Lipinski definition) is 1. The minimum atomic E-state index is -0.331. The molecule has 1 heteroatoms. The van der Waals surface area contributed by atoms with Crippen LogP contribution in [0.25, 0.3) is 66.1 Å². The average molecular weight is 792 g/mol. The fraction of sp³-hybridized carbons (Fsp3) is 0.0820. The second kappa shape index (κ2) is 13.8. The van der Waals surface area contributed by atoms with Crippen molar-refractivity contribution >= 4 is 38.6 Å². The standard InChI is InChI=1S/C61H45N/c1-60(2)55-28-12-9-25-52(55)54-27-16-26-50(59(54)60)41-18-15-21-45(38-41)62(46-34-36-53-51-24-10-13-29-56(51)61(3,57(53)39-46)44-19-5-4-6-20-44)58-30-14-11-23-49(58)43-33-35-48-42(37-43)32-31-40-17-7-8-22-47(40)48/h4-39H,1-3H3. The van der Waals surface area contributed by atoms with Crippen LogP contribution in [0.3, 0.4) is 0 Å². The summed E-state index contributed by atoms with van der Waals surface area (Å²) in [5.41, 5.74) is 19.8. The summed E-state index contributed by atoms with van der Waals surface area (Å²) >= 11 is 0. The predicted octanol–water partition coefficient (Wildman–Crippen LogP) is 16.4. The number of para-hydroxylation sites is 1. The maximum atomic E-state index is 2.50. The third-order valence-electron chi connectivity index (χ3n) is 14.1. The molecule has 10 aromatic rings. The van der Waals surface area contributed by atoms with Gasteiger partial charge in [-0.05, 0) is 132 Å². The van der Waals surface area contributed by atoms with Crippen molar-refractivity contribution in [2.24, 2.45) is 0 Å². The summed E-state index contributed by atoms with van der Waals surface area (Å²) in [6.07, 6.45) is 0. The Bertz CT molecular complexity index is 3410. The van der Waals surface area contributed by atoms with Gasteiger partial charge in [-0.25, -0.2) is 0 Å². The molecule has 0 fully saturated rings. The lowest BCUT2D eigenvalue weighted by Crippen LogP contribution is -2.23. The van der Waals surface area contributed by atoms with Crippen molar-refractivity contribution in [2.45, 2.75) is 31.6 Å². The number of anilines is 3. The van der Waals surface area contributed by atoms with E-state index in [1.807, 2.05) is 0 Å². The van der Waals surface area contributed by atoms with Gasteiger partial charge in [-0.2, -0.15) is 0 Å². The third kappa shape index (κ3) is 5.34. The van der Waals surface area contributed by atoms with E-state index in [4.69, 9.17) is 0 Å². The monoisotopic (exact) mass is 791 g/mol. The molecule has 1 atom stereocenters. The Hall–Kier alpha value is -7.48. The Balaban J connectivity index is 1.08. The molecule has 0 N–H and O–H groups in total. The summed E-state index contributed by atoms with van der Waals surface area (Å²) in [5, 5.41) is 5.05. The zero-order valence-electron chi connectivity index (χ0n) is 35.2. The van der Waals surface area contributed by atoms with Gasteiger partial charge in [0.25, 0.3) is 0 Å². The summed E-state index contributed by atoms with van der Waals surface area (Å²) in [6.45, 7) is 7.17. The summed E-state index contributed by atoms with van der Waals surface area (Å²) in [6, 6.07) is 81.3. The van der Waals surface area contributed by atoms with E-state index < -0.39 is 0 Å². The molecule has 294 valence electrons. The first-order chi connectivity index (χ1) is 30.4. The van der Waals surface area contributed by atoms with E-state index in [1.165, 1.54) is 93.9 Å². The third-order valence-corrected chi connectivity index (χ3v) is 14.1. The first-order valence-corrected chi connectivity index (χ1v) is 21.8. The minimum absolute atomic E-state index is 0.136. The lowest BCUT2D eigenvalue weighted by atomic mass is 9.74. The predicted molar refractivity (Wildman–Crippen MR) is 262 cm³/mol. The van der Waals surface area contributed by atoms with Crippen LogP contribution in [0.2, 0.25) is 0 Å². The second-order valence-corrected chi connectivity index (χ2v) is 17.8. The van der Waals surface area contributed by atoms with E-state index in [-0.39, 0.29) is 10.8 Å². The van der Waals surface area contributed by atoms with E-state index in [2.05, 4.69) is 244 Å². The van der Waals surface area contributed by atoms with Gasteiger partial charge in [0.1, 0.15) is 0 Å². The molecule has 62 heavy (non-hydrogen) atoms.